The zero-order chi connectivity index (χ0) is 22.3. The number of rotatable bonds is 5. The molecule has 1 fully saturated rings. The molecule has 1 aliphatic heterocycles. The van der Waals surface area contributed by atoms with Gasteiger partial charge in [0.15, 0.2) is 0 Å². The summed E-state index contributed by atoms with van der Waals surface area (Å²) in [5.41, 5.74) is -1.36. The van der Waals surface area contributed by atoms with Crippen molar-refractivity contribution in [3.8, 4) is 0 Å². The van der Waals surface area contributed by atoms with E-state index in [1.54, 1.807) is 0 Å². The SMILES string of the molecule is O=S(=O)(Nc1cc(C(F)(F)F)ccc1CN1CCC(F)(F)C1)c1cccc(Cl)c1Cl. The van der Waals surface area contributed by atoms with Crippen LogP contribution in [0.15, 0.2) is 41.3 Å². The van der Waals surface area contributed by atoms with E-state index in [0.29, 0.717) is 6.07 Å². The minimum Gasteiger partial charge on any atom is -0.293 e. The van der Waals surface area contributed by atoms with Crippen molar-refractivity contribution in [2.75, 3.05) is 17.8 Å². The molecular formula is C18H15Cl2F5N2O2S. The van der Waals surface area contributed by atoms with Crippen LogP contribution < -0.4 is 4.72 Å². The summed E-state index contributed by atoms with van der Waals surface area (Å²) in [6.07, 6.45) is -5.11. The predicted molar refractivity (Wildman–Crippen MR) is 104 cm³/mol. The molecule has 2 aromatic rings. The van der Waals surface area contributed by atoms with Gasteiger partial charge in [-0.3, -0.25) is 9.62 Å². The van der Waals surface area contributed by atoms with Gasteiger partial charge >= 0.3 is 6.18 Å². The Labute approximate surface area is 179 Å². The van der Waals surface area contributed by atoms with Crippen LogP contribution in [0.25, 0.3) is 0 Å². The molecule has 1 saturated heterocycles. The molecule has 1 heterocycles. The zero-order valence-corrected chi connectivity index (χ0v) is 17.4. The van der Waals surface area contributed by atoms with E-state index < -0.39 is 39.1 Å². The lowest BCUT2D eigenvalue weighted by Crippen LogP contribution is -2.26. The Balaban J connectivity index is 1.99. The number of hydrogen-bond acceptors (Lipinski definition) is 3. The van der Waals surface area contributed by atoms with Gasteiger partial charge in [0.05, 0.1) is 27.8 Å². The fraction of sp³-hybridized carbons (Fsp3) is 0.333. The highest BCUT2D eigenvalue weighted by atomic mass is 35.5. The van der Waals surface area contributed by atoms with Gasteiger partial charge in [-0.2, -0.15) is 13.2 Å². The number of halogens is 7. The van der Waals surface area contributed by atoms with Crippen LogP contribution in [0.5, 0.6) is 0 Å². The summed E-state index contributed by atoms with van der Waals surface area (Å²) < 4.78 is 94.0. The summed E-state index contributed by atoms with van der Waals surface area (Å²) in [6.45, 7) is -0.699. The third-order valence-electron chi connectivity index (χ3n) is 4.53. The molecule has 0 radical (unpaired) electrons. The zero-order valence-electron chi connectivity index (χ0n) is 15.1. The van der Waals surface area contributed by atoms with E-state index >= 15 is 0 Å². The molecule has 0 amide bonds. The molecule has 0 bridgehead atoms. The molecule has 30 heavy (non-hydrogen) atoms. The normalized spacial score (nSPS) is 17.3. The quantitative estimate of drug-likeness (QED) is 0.552. The first-order chi connectivity index (χ1) is 13.8. The Morgan fingerprint density at radius 1 is 1.13 bits per heavy atom. The van der Waals surface area contributed by atoms with E-state index in [-0.39, 0.29) is 40.8 Å². The average Bonchev–Trinajstić information content (AvgIpc) is 2.96. The van der Waals surface area contributed by atoms with Gasteiger partial charge in [-0.05, 0) is 29.8 Å². The van der Waals surface area contributed by atoms with Crippen molar-refractivity contribution in [3.05, 3.63) is 57.6 Å². The maximum atomic E-state index is 13.5. The Hall–Kier alpha value is -1.62. The molecule has 3 rings (SSSR count). The molecule has 12 heteroatoms. The number of likely N-dealkylation sites (tertiary alicyclic amines) is 1. The second-order valence-electron chi connectivity index (χ2n) is 6.84. The molecule has 164 valence electrons. The fourth-order valence-electron chi connectivity index (χ4n) is 3.06. The number of sulfonamides is 1. The van der Waals surface area contributed by atoms with E-state index in [0.717, 1.165) is 18.2 Å². The topological polar surface area (TPSA) is 49.4 Å². The van der Waals surface area contributed by atoms with Gasteiger partial charge < -0.3 is 0 Å². The third-order valence-corrected chi connectivity index (χ3v) is 6.87. The number of benzene rings is 2. The minimum atomic E-state index is -4.73. The molecule has 0 unspecified atom stereocenters. The number of alkyl halides is 5. The molecule has 0 spiro atoms. The molecule has 0 saturated carbocycles. The lowest BCUT2D eigenvalue weighted by atomic mass is 10.1. The highest BCUT2D eigenvalue weighted by Gasteiger charge is 2.38. The van der Waals surface area contributed by atoms with Crippen LogP contribution in [-0.2, 0) is 22.7 Å². The number of nitrogens with one attached hydrogen (secondary N) is 1. The smallest absolute Gasteiger partial charge is 0.293 e. The second-order valence-corrected chi connectivity index (χ2v) is 9.28. The largest absolute Gasteiger partial charge is 0.416 e. The number of hydrogen-bond donors (Lipinski definition) is 1. The first-order valence-corrected chi connectivity index (χ1v) is 10.8. The summed E-state index contributed by atoms with van der Waals surface area (Å²) in [5.74, 6) is -2.90. The van der Waals surface area contributed by atoms with Gasteiger partial charge in [0.2, 0.25) is 0 Å². The lowest BCUT2D eigenvalue weighted by molar-refractivity contribution is -0.137. The fourth-order valence-corrected chi connectivity index (χ4v) is 4.91. The Morgan fingerprint density at radius 2 is 1.83 bits per heavy atom. The lowest BCUT2D eigenvalue weighted by Gasteiger charge is -2.20. The molecule has 2 aromatic carbocycles. The van der Waals surface area contributed by atoms with Crippen molar-refractivity contribution in [2.24, 2.45) is 0 Å². The van der Waals surface area contributed by atoms with Crippen LogP contribution in [0.4, 0.5) is 27.6 Å². The average molecular weight is 489 g/mol. The standard InChI is InChI=1S/C18H15Cl2F5N2O2S/c19-13-2-1-3-15(16(13)20)30(28,29)26-14-8-12(18(23,24)25)5-4-11(14)9-27-7-6-17(21,22)10-27/h1-5,8,26H,6-7,9-10H2. The van der Waals surface area contributed by atoms with Crippen LogP contribution in [0.3, 0.4) is 0 Å². The van der Waals surface area contributed by atoms with E-state index in [1.807, 2.05) is 0 Å². The summed E-state index contributed by atoms with van der Waals surface area (Å²) in [4.78, 5) is 0.917. The van der Waals surface area contributed by atoms with Crippen molar-refractivity contribution in [1.29, 1.82) is 0 Å². The van der Waals surface area contributed by atoms with Crippen LogP contribution in [0.1, 0.15) is 17.5 Å². The van der Waals surface area contributed by atoms with E-state index in [1.165, 1.54) is 17.0 Å². The molecule has 0 aliphatic carbocycles. The third kappa shape index (κ3) is 5.16. The van der Waals surface area contributed by atoms with Gasteiger partial charge in [0.25, 0.3) is 15.9 Å². The highest BCUT2D eigenvalue weighted by Crippen LogP contribution is 2.36. The summed E-state index contributed by atoms with van der Waals surface area (Å²) in [5, 5.41) is -0.345. The maximum absolute atomic E-state index is 13.5. The van der Waals surface area contributed by atoms with Crippen molar-refractivity contribution in [1.82, 2.24) is 4.90 Å². The monoisotopic (exact) mass is 488 g/mol. The van der Waals surface area contributed by atoms with E-state index in [4.69, 9.17) is 23.2 Å². The van der Waals surface area contributed by atoms with Gasteiger partial charge in [0.1, 0.15) is 4.90 Å². The van der Waals surface area contributed by atoms with Crippen molar-refractivity contribution in [2.45, 2.75) is 30.0 Å². The molecule has 1 aliphatic rings. The van der Waals surface area contributed by atoms with Crippen LogP contribution >= 0.6 is 23.2 Å². The van der Waals surface area contributed by atoms with Gasteiger partial charge in [0, 0.05) is 19.5 Å². The minimum absolute atomic E-state index is 0.0281. The Bertz CT molecular complexity index is 1060. The van der Waals surface area contributed by atoms with Crippen LogP contribution in [-0.4, -0.2) is 32.3 Å². The maximum Gasteiger partial charge on any atom is 0.416 e. The first-order valence-electron chi connectivity index (χ1n) is 8.56. The van der Waals surface area contributed by atoms with E-state index in [2.05, 4.69) is 4.72 Å². The van der Waals surface area contributed by atoms with Gasteiger partial charge in [-0.1, -0.05) is 35.3 Å². The van der Waals surface area contributed by atoms with Crippen LogP contribution in [0.2, 0.25) is 10.0 Å². The first kappa shape index (κ1) is 23.1. The highest BCUT2D eigenvalue weighted by molar-refractivity contribution is 7.92. The second kappa shape index (κ2) is 8.14. The van der Waals surface area contributed by atoms with E-state index in [9.17, 15) is 30.4 Å². The summed E-state index contributed by atoms with van der Waals surface area (Å²) in [7, 11) is -4.41. The van der Waals surface area contributed by atoms with Crippen LogP contribution in [0, 0.1) is 0 Å². The molecule has 0 atom stereocenters. The summed E-state index contributed by atoms with van der Waals surface area (Å²) >= 11 is 11.8. The van der Waals surface area contributed by atoms with Crippen molar-refractivity contribution >= 4 is 38.9 Å². The molecule has 1 N–H and O–H groups in total. The molecule has 4 nitrogen and oxygen atoms in total. The number of anilines is 1. The van der Waals surface area contributed by atoms with Gasteiger partial charge in [-0.25, -0.2) is 17.2 Å². The predicted octanol–water partition coefficient (Wildman–Crippen LogP) is 5.65. The van der Waals surface area contributed by atoms with Crippen molar-refractivity contribution in [3.63, 3.8) is 0 Å². The molecule has 0 aromatic heterocycles. The Kier molecular flexibility index (Phi) is 6.26. The molecular weight excluding hydrogens is 474 g/mol. The van der Waals surface area contributed by atoms with Gasteiger partial charge in [-0.15, -0.1) is 0 Å². The number of nitrogens with zero attached hydrogens (tertiary/aromatic N) is 1. The summed E-state index contributed by atoms with van der Waals surface area (Å²) in [6, 6.07) is 6.28. The van der Waals surface area contributed by atoms with Crippen molar-refractivity contribution < 1.29 is 30.4 Å². The Morgan fingerprint density at radius 3 is 2.43 bits per heavy atom.